The zero-order valence-corrected chi connectivity index (χ0v) is 15.9. The SMILES string of the molecule is Cc1c(Cl)cccc1NC(=O)C1(c2cc(-c3ccc4c(c3)OCO4)on2)CC1. The first kappa shape index (κ1) is 17.1. The number of carbonyl (C=O) groups is 1. The molecule has 28 heavy (non-hydrogen) atoms. The van der Waals surface area contributed by atoms with E-state index in [-0.39, 0.29) is 12.7 Å². The number of nitrogens with one attached hydrogen (secondary N) is 1. The maximum Gasteiger partial charge on any atom is 0.236 e. The van der Waals surface area contributed by atoms with Crippen LogP contribution in [0.5, 0.6) is 11.5 Å². The van der Waals surface area contributed by atoms with Gasteiger partial charge in [-0.3, -0.25) is 4.79 Å². The first-order valence-corrected chi connectivity index (χ1v) is 9.38. The molecule has 0 atom stereocenters. The number of aromatic nitrogens is 1. The maximum atomic E-state index is 13.0. The topological polar surface area (TPSA) is 73.6 Å². The standard InChI is InChI=1S/C21H17ClN2O4/c1-12-14(22)3-2-4-15(12)23-20(25)21(7-8-21)19-10-17(28-24-19)13-5-6-16-18(9-13)27-11-26-16/h2-6,9-10H,7-8,11H2,1H3,(H,23,25). The van der Waals surface area contributed by atoms with Crippen molar-refractivity contribution in [2.24, 2.45) is 0 Å². The first-order chi connectivity index (χ1) is 13.6. The lowest BCUT2D eigenvalue weighted by molar-refractivity contribution is -0.118. The lowest BCUT2D eigenvalue weighted by atomic mass is 9.99. The second-order valence-electron chi connectivity index (χ2n) is 7.09. The van der Waals surface area contributed by atoms with Gasteiger partial charge in [-0.15, -0.1) is 0 Å². The monoisotopic (exact) mass is 396 g/mol. The Kier molecular flexibility index (Phi) is 3.84. The molecule has 0 bridgehead atoms. The highest BCUT2D eigenvalue weighted by Gasteiger charge is 2.54. The van der Waals surface area contributed by atoms with Crippen LogP contribution in [0.1, 0.15) is 24.1 Å². The van der Waals surface area contributed by atoms with E-state index in [1.165, 1.54) is 0 Å². The van der Waals surface area contributed by atoms with Crippen molar-refractivity contribution in [1.29, 1.82) is 0 Å². The highest BCUT2D eigenvalue weighted by Crippen LogP contribution is 2.49. The Bertz CT molecular complexity index is 1090. The third kappa shape index (κ3) is 2.72. The normalized spacial score (nSPS) is 16.1. The van der Waals surface area contributed by atoms with Gasteiger partial charge in [0.25, 0.3) is 0 Å². The fraction of sp³-hybridized carbons (Fsp3) is 0.238. The van der Waals surface area contributed by atoms with Crippen molar-refractivity contribution < 1.29 is 18.8 Å². The summed E-state index contributed by atoms with van der Waals surface area (Å²) in [6, 6.07) is 12.9. The van der Waals surface area contributed by atoms with Crippen LogP contribution >= 0.6 is 11.6 Å². The van der Waals surface area contributed by atoms with Crippen molar-refractivity contribution in [2.75, 3.05) is 12.1 Å². The molecule has 1 fully saturated rings. The van der Waals surface area contributed by atoms with E-state index in [2.05, 4.69) is 10.5 Å². The van der Waals surface area contributed by atoms with Crippen molar-refractivity contribution in [3.63, 3.8) is 0 Å². The van der Waals surface area contributed by atoms with Crippen LogP contribution in [0.15, 0.2) is 47.0 Å². The van der Waals surface area contributed by atoms with Gasteiger partial charge in [-0.1, -0.05) is 22.8 Å². The minimum absolute atomic E-state index is 0.0941. The summed E-state index contributed by atoms with van der Waals surface area (Å²) in [4.78, 5) is 13.0. The number of amides is 1. The van der Waals surface area contributed by atoms with Gasteiger partial charge in [0.15, 0.2) is 17.3 Å². The van der Waals surface area contributed by atoms with E-state index in [0.29, 0.717) is 33.7 Å². The molecule has 5 rings (SSSR count). The fourth-order valence-corrected chi connectivity index (χ4v) is 3.57. The highest BCUT2D eigenvalue weighted by molar-refractivity contribution is 6.31. The zero-order valence-electron chi connectivity index (χ0n) is 15.1. The summed E-state index contributed by atoms with van der Waals surface area (Å²) in [5, 5.41) is 7.80. The average molecular weight is 397 g/mol. The molecular weight excluding hydrogens is 380 g/mol. The van der Waals surface area contributed by atoms with Crippen LogP contribution in [0.2, 0.25) is 5.02 Å². The van der Waals surface area contributed by atoms with Gasteiger partial charge in [-0.05, 0) is 55.7 Å². The van der Waals surface area contributed by atoms with Crippen molar-refractivity contribution in [3.05, 3.63) is 58.7 Å². The molecule has 1 aliphatic carbocycles. The van der Waals surface area contributed by atoms with Gasteiger partial charge in [0.05, 0.1) is 11.1 Å². The van der Waals surface area contributed by atoms with Gasteiger partial charge in [0.2, 0.25) is 12.7 Å². The van der Waals surface area contributed by atoms with E-state index < -0.39 is 5.41 Å². The van der Waals surface area contributed by atoms with Gasteiger partial charge in [-0.2, -0.15) is 0 Å². The second-order valence-corrected chi connectivity index (χ2v) is 7.50. The summed E-state index contributed by atoms with van der Waals surface area (Å²) in [5.74, 6) is 1.87. The highest BCUT2D eigenvalue weighted by atomic mass is 35.5. The molecule has 2 heterocycles. The Balaban J connectivity index is 1.40. The number of halogens is 1. The molecule has 0 saturated heterocycles. The Morgan fingerprint density at radius 3 is 2.79 bits per heavy atom. The summed E-state index contributed by atoms with van der Waals surface area (Å²) in [6.45, 7) is 2.10. The molecule has 1 amide bonds. The Labute approximate surface area is 166 Å². The van der Waals surface area contributed by atoms with Crippen LogP contribution in [0.3, 0.4) is 0 Å². The molecule has 7 heteroatoms. The number of anilines is 1. The number of carbonyl (C=O) groups excluding carboxylic acids is 1. The predicted octanol–water partition coefficient (Wildman–Crippen LogP) is 4.70. The fourth-order valence-electron chi connectivity index (χ4n) is 3.40. The van der Waals surface area contributed by atoms with E-state index in [1.807, 2.05) is 43.3 Å². The van der Waals surface area contributed by atoms with Gasteiger partial charge in [0, 0.05) is 22.3 Å². The Morgan fingerprint density at radius 2 is 1.96 bits per heavy atom. The van der Waals surface area contributed by atoms with Gasteiger partial charge >= 0.3 is 0 Å². The summed E-state index contributed by atoms with van der Waals surface area (Å²) < 4.78 is 16.3. The van der Waals surface area contributed by atoms with E-state index in [4.69, 9.17) is 25.6 Å². The molecule has 0 unspecified atom stereocenters. The zero-order chi connectivity index (χ0) is 19.3. The van der Waals surface area contributed by atoms with Gasteiger partial charge in [0.1, 0.15) is 0 Å². The molecule has 1 N–H and O–H groups in total. The average Bonchev–Trinajstić information content (AvgIpc) is 3.14. The Hall–Kier alpha value is -2.99. The van der Waals surface area contributed by atoms with Gasteiger partial charge in [-0.25, -0.2) is 0 Å². The summed E-state index contributed by atoms with van der Waals surface area (Å²) >= 11 is 6.16. The van der Waals surface area contributed by atoms with Crippen LogP contribution in [0, 0.1) is 6.92 Å². The van der Waals surface area contributed by atoms with Crippen molar-refractivity contribution in [3.8, 4) is 22.8 Å². The van der Waals surface area contributed by atoms with Crippen LogP contribution in [-0.2, 0) is 10.2 Å². The number of hydrogen-bond acceptors (Lipinski definition) is 5. The third-order valence-electron chi connectivity index (χ3n) is 5.36. The molecule has 0 radical (unpaired) electrons. The van der Waals surface area contributed by atoms with E-state index in [9.17, 15) is 4.79 Å². The summed E-state index contributed by atoms with van der Waals surface area (Å²) in [6.07, 6.45) is 1.46. The number of hydrogen-bond donors (Lipinski definition) is 1. The molecule has 1 saturated carbocycles. The van der Waals surface area contributed by atoms with Crippen LogP contribution in [0.25, 0.3) is 11.3 Å². The molecule has 0 spiro atoms. The quantitative estimate of drug-likeness (QED) is 0.691. The summed E-state index contributed by atoms with van der Waals surface area (Å²) in [5.41, 5.74) is 2.35. The minimum atomic E-state index is -0.660. The summed E-state index contributed by atoms with van der Waals surface area (Å²) in [7, 11) is 0. The molecule has 3 aromatic rings. The number of nitrogens with zero attached hydrogens (tertiary/aromatic N) is 1. The smallest absolute Gasteiger partial charge is 0.236 e. The molecule has 2 aromatic carbocycles. The van der Waals surface area contributed by atoms with Crippen molar-refractivity contribution in [2.45, 2.75) is 25.2 Å². The molecular formula is C21H17ClN2O4. The first-order valence-electron chi connectivity index (χ1n) is 9.01. The largest absolute Gasteiger partial charge is 0.454 e. The van der Waals surface area contributed by atoms with Crippen LogP contribution < -0.4 is 14.8 Å². The number of rotatable bonds is 4. The number of fused-ring (bicyclic) bond motifs is 1. The molecule has 1 aromatic heterocycles. The third-order valence-corrected chi connectivity index (χ3v) is 5.77. The second kappa shape index (κ2) is 6.27. The predicted molar refractivity (Wildman–Crippen MR) is 104 cm³/mol. The molecule has 6 nitrogen and oxygen atoms in total. The van der Waals surface area contributed by atoms with Crippen molar-refractivity contribution in [1.82, 2.24) is 5.16 Å². The molecule has 2 aliphatic rings. The van der Waals surface area contributed by atoms with Crippen LogP contribution in [0.4, 0.5) is 5.69 Å². The van der Waals surface area contributed by atoms with E-state index >= 15 is 0 Å². The van der Waals surface area contributed by atoms with Crippen molar-refractivity contribution >= 4 is 23.2 Å². The lowest BCUT2D eigenvalue weighted by Gasteiger charge is -2.14. The minimum Gasteiger partial charge on any atom is -0.454 e. The van der Waals surface area contributed by atoms with Gasteiger partial charge < -0.3 is 19.3 Å². The number of ether oxygens (including phenoxy) is 2. The van der Waals surface area contributed by atoms with E-state index in [0.717, 1.165) is 24.0 Å². The molecule has 1 aliphatic heterocycles. The lowest BCUT2D eigenvalue weighted by Crippen LogP contribution is -2.28. The molecule has 142 valence electrons. The van der Waals surface area contributed by atoms with Crippen LogP contribution in [-0.4, -0.2) is 17.9 Å². The Morgan fingerprint density at radius 1 is 1.14 bits per heavy atom. The van der Waals surface area contributed by atoms with E-state index in [1.54, 1.807) is 6.07 Å². The number of benzene rings is 2. The maximum absolute atomic E-state index is 13.0.